The molecule has 0 aliphatic carbocycles. The molecule has 0 bridgehead atoms. The molecule has 1 unspecified atom stereocenters. The van der Waals surface area contributed by atoms with Gasteiger partial charge in [0.25, 0.3) is 0 Å². The molecule has 3 aromatic rings. The molecule has 5 heteroatoms. The first kappa shape index (κ1) is 17.1. The van der Waals surface area contributed by atoms with Gasteiger partial charge in [-0.2, -0.15) is 0 Å². The number of nitrogens with one attached hydrogen (secondary N) is 1. The van der Waals surface area contributed by atoms with Gasteiger partial charge < -0.3 is 14.8 Å². The lowest BCUT2D eigenvalue weighted by Crippen LogP contribution is -2.38. The first-order chi connectivity index (χ1) is 12.8. The quantitative estimate of drug-likeness (QED) is 0.674. The fourth-order valence-electron chi connectivity index (χ4n) is 2.93. The highest BCUT2D eigenvalue weighted by molar-refractivity contribution is 9.10. The number of aromatic nitrogens is 1. The van der Waals surface area contributed by atoms with Gasteiger partial charge in [-0.15, -0.1) is 0 Å². The Morgan fingerprint density at radius 1 is 1.00 bits per heavy atom. The zero-order valence-electron chi connectivity index (χ0n) is 14.2. The monoisotopic (exact) mass is 410 g/mol. The minimum Gasteiger partial charge on any atom is -0.486 e. The molecule has 2 aromatic carbocycles. The van der Waals surface area contributed by atoms with Gasteiger partial charge in [-0.3, -0.25) is 4.98 Å². The molecular formula is C21H19BrN2O2. The van der Waals surface area contributed by atoms with Crippen LogP contribution in [0.3, 0.4) is 0 Å². The molecule has 4 nitrogen and oxygen atoms in total. The maximum absolute atomic E-state index is 5.97. The average molecular weight is 411 g/mol. The number of hydrogen-bond acceptors (Lipinski definition) is 4. The molecule has 2 heterocycles. The van der Waals surface area contributed by atoms with Crippen molar-refractivity contribution in [1.29, 1.82) is 0 Å². The Labute approximate surface area is 161 Å². The van der Waals surface area contributed by atoms with E-state index in [-0.39, 0.29) is 6.10 Å². The second-order valence-corrected chi connectivity index (χ2v) is 7.13. The van der Waals surface area contributed by atoms with Crippen molar-refractivity contribution in [2.45, 2.75) is 12.6 Å². The van der Waals surface area contributed by atoms with Gasteiger partial charge in [0.1, 0.15) is 12.7 Å². The highest BCUT2D eigenvalue weighted by Crippen LogP contribution is 2.30. The van der Waals surface area contributed by atoms with E-state index in [1.807, 2.05) is 48.8 Å². The van der Waals surface area contributed by atoms with Crippen LogP contribution in [-0.4, -0.2) is 24.2 Å². The van der Waals surface area contributed by atoms with E-state index >= 15 is 0 Å². The normalized spacial score (nSPS) is 15.7. The molecule has 1 aliphatic heterocycles. The van der Waals surface area contributed by atoms with Crippen LogP contribution in [0.5, 0.6) is 11.5 Å². The SMILES string of the molecule is Brc1ccc(-c2cncc(CNCC3COc4ccccc4O3)c2)cc1. The van der Waals surface area contributed by atoms with Crippen molar-refractivity contribution in [3.8, 4) is 22.6 Å². The fraction of sp³-hybridized carbons (Fsp3) is 0.190. The van der Waals surface area contributed by atoms with E-state index in [1.165, 1.54) is 0 Å². The second-order valence-electron chi connectivity index (χ2n) is 6.22. The summed E-state index contributed by atoms with van der Waals surface area (Å²) in [7, 11) is 0. The van der Waals surface area contributed by atoms with E-state index in [1.54, 1.807) is 0 Å². The number of fused-ring (bicyclic) bond motifs is 1. The first-order valence-corrected chi connectivity index (χ1v) is 9.36. The van der Waals surface area contributed by atoms with Gasteiger partial charge in [0.15, 0.2) is 11.5 Å². The number of halogens is 1. The summed E-state index contributed by atoms with van der Waals surface area (Å²) in [5.41, 5.74) is 3.41. The maximum atomic E-state index is 5.97. The standard InChI is InChI=1S/C21H19BrN2O2/c22-18-7-5-16(6-8-18)17-9-15(10-23-12-17)11-24-13-19-14-25-20-3-1-2-4-21(20)26-19/h1-10,12,19,24H,11,13-14H2. The highest BCUT2D eigenvalue weighted by atomic mass is 79.9. The molecule has 0 saturated carbocycles. The molecule has 1 aromatic heterocycles. The van der Waals surface area contributed by atoms with Crippen molar-refractivity contribution >= 4 is 15.9 Å². The number of pyridine rings is 1. The molecule has 0 fully saturated rings. The lowest BCUT2D eigenvalue weighted by atomic mass is 10.1. The topological polar surface area (TPSA) is 43.4 Å². The Morgan fingerprint density at radius 3 is 2.65 bits per heavy atom. The van der Waals surface area contributed by atoms with Crippen molar-refractivity contribution < 1.29 is 9.47 Å². The third-order valence-corrected chi connectivity index (χ3v) is 4.77. The minimum absolute atomic E-state index is 0.00696. The molecular weight excluding hydrogens is 392 g/mol. The Kier molecular flexibility index (Phi) is 5.18. The van der Waals surface area contributed by atoms with Gasteiger partial charge in [-0.25, -0.2) is 0 Å². The van der Waals surface area contributed by atoms with Gasteiger partial charge in [-0.05, 0) is 41.5 Å². The van der Waals surface area contributed by atoms with Gasteiger partial charge >= 0.3 is 0 Å². The summed E-state index contributed by atoms with van der Waals surface area (Å²) < 4.78 is 12.8. The first-order valence-electron chi connectivity index (χ1n) is 8.57. The third kappa shape index (κ3) is 4.06. The van der Waals surface area contributed by atoms with Crippen molar-refractivity contribution in [2.75, 3.05) is 13.2 Å². The van der Waals surface area contributed by atoms with Crippen molar-refractivity contribution in [3.63, 3.8) is 0 Å². The zero-order chi connectivity index (χ0) is 17.8. The minimum atomic E-state index is 0.00696. The number of hydrogen-bond donors (Lipinski definition) is 1. The van der Waals surface area contributed by atoms with E-state index in [4.69, 9.17) is 9.47 Å². The third-order valence-electron chi connectivity index (χ3n) is 4.24. The van der Waals surface area contributed by atoms with Crippen molar-refractivity contribution in [3.05, 3.63) is 77.0 Å². The molecule has 4 rings (SSSR count). The lowest BCUT2D eigenvalue weighted by molar-refractivity contribution is 0.0902. The van der Waals surface area contributed by atoms with Crippen LogP contribution in [0.25, 0.3) is 11.1 Å². The largest absolute Gasteiger partial charge is 0.486 e. The number of para-hydroxylation sites is 2. The summed E-state index contributed by atoms with van der Waals surface area (Å²) >= 11 is 3.47. The van der Waals surface area contributed by atoms with E-state index < -0.39 is 0 Å². The van der Waals surface area contributed by atoms with Crippen LogP contribution in [-0.2, 0) is 6.54 Å². The maximum Gasteiger partial charge on any atom is 0.161 e. The summed E-state index contributed by atoms with van der Waals surface area (Å²) in [6.07, 6.45) is 3.79. The molecule has 0 radical (unpaired) electrons. The van der Waals surface area contributed by atoms with E-state index in [0.29, 0.717) is 6.61 Å². The molecule has 0 saturated heterocycles. The molecule has 0 amide bonds. The zero-order valence-corrected chi connectivity index (χ0v) is 15.8. The lowest BCUT2D eigenvalue weighted by Gasteiger charge is -2.26. The smallest absolute Gasteiger partial charge is 0.161 e. The van der Waals surface area contributed by atoms with E-state index in [9.17, 15) is 0 Å². The Hall–Kier alpha value is -2.37. The van der Waals surface area contributed by atoms with Gasteiger partial charge in [0, 0.05) is 35.5 Å². The van der Waals surface area contributed by atoms with Gasteiger partial charge in [0.05, 0.1) is 0 Å². The molecule has 26 heavy (non-hydrogen) atoms. The van der Waals surface area contributed by atoms with Crippen LogP contribution in [0.1, 0.15) is 5.56 Å². The van der Waals surface area contributed by atoms with Gasteiger partial charge in [-0.1, -0.05) is 40.2 Å². The van der Waals surface area contributed by atoms with E-state index in [2.05, 4.69) is 44.4 Å². The summed E-state index contributed by atoms with van der Waals surface area (Å²) in [6, 6.07) is 18.2. The molecule has 1 N–H and O–H groups in total. The molecule has 1 aliphatic rings. The average Bonchev–Trinajstić information content (AvgIpc) is 2.69. The Morgan fingerprint density at radius 2 is 1.81 bits per heavy atom. The number of nitrogens with zero attached hydrogens (tertiary/aromatic N) is 1. The van der Waals surface area contributed by atoms with Crippen LogP contribution in [0.2, 0.25) is 0 Å². The Balaban J connectivity index is 1.34. The predicted molar refractivity (Wildman–Crippen MR) is 105 cm³/mol. The van der Waals surface area contributed by atoms with Crippen LogP contribution < -0.4 is 14.8 Å². The molecule has 1 atom stereocenters. The molecule has 132 valence electrons. The van der Waals surface area contributed by atoms with Gasteiger partial charge in [0.2, 0.25) is 0 Å². The summed E-state index contributed by atoms with van der Waals surface area (Å²) in [4.78, 5) is 4.37. The van der Waals surface area contributed by atoms with Crippen LogP contribution in [0.4, 0.5) is 0 Å². The number of benzene rings is 2. The number of rotatable bonds is 5. The fourth-order valence-corrected chi connectivity index (χ4v) is 3.19. The van der Waals surface area contributed by atoms with Crippen LogP contribution in [0, 0.1) is 0 Å². The summed E-state index contributed by atoms with van der Waals surface area (Å²) in [5.74, 6) is 1.62. The van der Waals surface area contributed by atoms with Crippen molar-refractivity contribution in [1.82, 2.24) is 10.3 Å². The summed E-state index contributed by atoms with van der Waals surface area (Å²) in [6.45, 7) is 2.01. The predicted octanol–water partition coefficient (Wildman–Crippen LogP) is 4.44. The van der Waals surface area contributed by atoms with E-state index in [0.717, 1.165) is 45.8 Å². The summed E-state index contributed by atoms with van der Waals surface area (Å²) in [5, 5.41) is 3.44. The highest BCUT2D eigenvalue weighted by Gasteiger charge is 2.19. The van der Waals surface area contributed by atoms with Crippen LogP contribution in [0.15, 0.2) is 71.5 Å². The van der Waals surface area contributed by atoms with Crippen molar-refractivity contribution in [2.24, 2.45) is 0 Å². The van der Waals surface area contributed by atoms with Crippen LogP contribution >= 0.6 is 15.9 Å². The second kappa shape index (κ2) is 7.89. The number of ether oxygens (including phenoxy) is 2. The molecule has 0 spiro atoms. The Bertz CT molecular complexity index is 883.